The number of aromatic nitrogens is 4. The van der Waals surface area contributed by atoms with Gasteiger partial charge in [0, 0.05) is 49.5 Å². The van der Waals surface area contributed by atoms with Gasteiger partial charge in [0.25, 0.3) is 5.88 Å². The number of halogens is 1. The average molecular weight is 454 g/mol. The molecule has 1 saturated carbocycles. The minimum Gasteiger partial charge on any atom is -0.472 e. The summed E-state index contributed by atoms with van der Waals surface area (Å²) < 4.78 is 28.1. The predicted molar refractivity (Wildman–Crippen MR) is 125 cm³/mol. The van der Waals surface area contributed by atoms with Crippen LogP contribution in [0.3, 0.4) is 0 Å². The fourth-order valence-electron chi connectivity index (χ4n) is 5.05. The Bertz CT molecular complexity index is 1100. The van der Waals surface area contributed by atoms with Crippen molar-refractivity contribution in [2.24, 2.45) is 0 Å². The highest BCUT2D eigenvalue weighted by Crippen LogP contribution is 2.37. The van der Waals surface area contributed by atoms with Crippen LogP contribution in [0.5, 0.6) is 5.88 Å². The van der Waals surface area contributed by atoms with Gasteiger partial charge >= 0.3 is 0 Å². The Balaban J connectivity index is 1.37. The highest BCUT2D eigenvalue weighted by atomic mass is 19.1. The molecule has 0 bridgehead atoms. The van der Waals surface area contributed by atoms with E-state index in [1.807, 2.05) is 6.20 Å². The highest BCUT2D eigenvalue weighted by molar-refractivity contribution is 5.84. The van der Waals surface area contributed by atoms with Gasteiger partial charge in [0.2, 0.25) is 0 Å². The minimum atomic E-state index is -0.359. The number of rotatable bonds is 6. The van der Waals surface area contributed by atoms with Crippen LogP contribution in [0.1, 0.15) is 68.7 Å². The van der Waals surface area contributed by atoms with Crippen molar-refractivity contribution in [3.8, 4) is 5.88 Å². The van der Waals surface area contributed by atoms with Crippen molar-refractivity contribution in [3.05, 3.63) is 41.6 Å². The molecule has 1 saturated heterocycles. The van der Waals surface area contributed by atoms with Crippen molar-refractivity contribution in [2.75, 3.05) is 25.1 Å². The second-order valence-electron chi connectivity index (χ2n) is 9.13. The molecule has 3 aromatic rings. The van der Waals surface area contributed by atoms with Crippen LogP contribution in [0.4, 0.5) is 10.2 Å². The molecule has 1 N–H and O–H groups in total. The molecule has 0 atom stereocenters. The zero-order valence-electron chi connectivity index (χ0n) is 19.4. The minimum absolute atomic E-state index is 0.0270. The van der Waals surface area contributed by atoms with Gasteiger partial charge in [-0.1, -0.05) is 0 Å². The number of pyridine rings is 2. The second kappa shape index (κ2) is 9.63. The quantitative estimate of drug-likeness (QED) is 0.556. The monoisotopic (exact) mass is 453 g/mol. The summed E-state index contributed by atoms with van der Waals surface area (Å²) in [5, 5.41) is 9.63. The van der Waals surface area contributed by atoms with E-state index in [1.54, 1.807) is 19.2 Å². The van der Waals surface area contributed by atoms with Crippen LogP contribution < -0.4 is 10.1 Å². The van der Waals surface area contributed by atoms with Crippen LogP contribution >= 0.6 is 0 Å². The van der Waals surface area contributed by atoms with Crippen molar-refractivity contribution in [2.45, 2.75) is 70.4 Å². The van der Waals surface area contributed by atoms with Gasteiger partial charge in [0.1, 0.15) is 11.9 Å². The lowest BCUT2D eigenvalue weighted by molar-refractivity contribution is 0.0843. The Hall–Kier alpha value is -2.74. The number of fused-ring (bicyclic) bond motifs is 1. The van der Waals surface area contributed by atoms with Gasteiger partial charge in [-0.15, -0.1) is 0 Å². The van der Waals surface area contributed by atoms with Crippen molar-refractivity contribution < 1.29 is 13.9 Å². The molecule has 4 heterocycles. The summed E-state index contributed by atoms with van der Waals surface area (Å²) in [4.78, 5) is 8.72. The van der Waals surface area contributed by atoms with E-state index >= 15 is 0 Å². The van der Waals surface area contributed by atoms with Crippen molar-refractivity contribution in [3.63, 3.8) is 0 Å². The first kappa shape index (κ1) is 22.1. The third-order valence-corrected chi connectivity index (χ3v) is 6.90. The standard InChI is InChI=1S/C25H32FN5O2/c1-3-27-22-14-21-20(15-29-22)24(17-9-12-32-13-10-17)30-31(21)18-4-6-19(7-5-18)33-25-23(26)16(2)8-11-28-25/h8,11,14-15,17-19H,3-7,9-10,12-13H2,1-2H3,(H,27,29). The van der Waals surface area contributed by atoms with E-state index < -0.39 is 0 Å². The molecule has 3 aromatic heterocycles. The second-order valence-corrected chi connectivity index (χ2v) is 9.13. The fraction of sp³-hybridized carbons (Fsp3) is 0.560. The zero-order chi connectivity index (χ0) is 22.8. The first-order chi connectivity index (χ1) is 16.1. The maximum atomic E-state index is 14.3. The molecule has 7 nitrogen and oxygen atoms in total. The van der Waals surface area contributed by atoms with Gasteiger partial charge in [-0.2, -0.15) is 5.10 Å². The van der Waals surface area contributed by atoms with Gasteiger partial charge in [0.15, 0.2) is 5.82 Å². The largest absolute Gasteiger partial charge is 0.472 e. The third-order valence-electron chi connectivity index (χ3n) is 6.90. The highest BCUT2D eigenvalue weighted by Gasteiger charge is 2.29. The zero-order valence-corrected chi connectivity index (χ0v) is 19.4. The van der Waals surface area contributed by atoms with E-state index in [0.29, 0.717) is 11.5 Å². The van der Waals surface area contributed by atoms with Crippen LogP contribution in [0.25, 0.3) is 10.9 Å². The molecule has 1 aliphatic carbocycles. The van der Waals surface area contributed by atoms with Crippen LogP contribution in [0.2, 0.25) is 0 Å². The Kier molecular flexibility index (Phi) is 6.44. The summed E-state index contributed by atoms with van der Waals surface area (Å²) in [6, 6.07) is 4.07. The molecule has 2 aliphatic rings. The summed E-state index contributed by atoms with van der Waals surface area (Å²) in [5.74, 6) is 1.04. The van der Waals surface area contributed by atoms with E-state index in [4.69, 9.17) is 14.6 Å². The van der Waals surface area contributed by atoms with Crippen molar-refractivity contribution >= 4 is 16.7 Å². The lowest BCUT2D eigenvalue weighted by atomic mass is 9.93. The van der Waals surface area contributed by atoms with E-state index in [-0.39, 0.29) is 23.8 Å². The van der Waals surface area contributed by atoms with E-state index in [2.05, 4.69) is 33.0 Å². The maximum Gasteiger partial charge on any atom is 0.250 e. The van der Waals surface area contributed by atoms with Gasteiger partial charge < -0.3 is 14.8 Å². The smallest absolute Gasteiger partial charge is 0.250 e. The molecule has 2 fully saturated rings. The third kappa shape index (κ3) is 4.53. The molecule has 5 rings (SSSR count). The molecular weight excluding hydrogens is 421 g/mol. The van der Waals surface area contributed by atoms with E-state index in [0.717, 1.165) is 80.7 Å². The summed E-state index contributed by atoms with van der Waals surface area (Å²) in [7, 11) is 0. The molecule has 1 aliphatic heterocycles. The van der Waals surface area contributed by atoms with Crippen molar-refractivity contribution in [1.82, 2.24) is 19.7 Å². The normalized spacial score (nSPS) is 21.9. The SMILES string of the molecule is CCNc1cc2c(cn1)c(C1CCOCC1)nn2C1CCC(Oc2nccc(C)c2F)CC1. The molecule has 176 valence electrons. The topological polar surface area (TPSA) is 74.1 Å². The lowest BCUT2D eigenvalue weighted by Crippen LogP contribution is -2.27. The Morgan fingerprint density at radius 1 is 1.15 bits per heavy atom. The number of ether oxygens (including phenoxy) is 2. The molecule has 0 amide bonds. The average Bonchev–Trinajstić information content (AvgIpc) is 3.22. The van der Waals surface area contributed by atoms with E-state index in [9.17, 15) is 4.39 Å². The van der Waals surface area contributed by atoms with Gasteiger partial charge in [-0.05, 0) is 64.0 Å². The first-order valence-electron chi connectivity index (χ1n) is 12.1. The number of hydrogen-bond donors (Lipinski definition) is 1. The first-order valence-corrected chi connectivity index (χ1v) is 12.1. The number of hydrogen-bond acceptors (Lipinski definition) is 6. The van der Waals surface area contributed by atoms with Crippen LogP contribution in [-0.2, 0) is 4.74 Å². The maximum absolute atomic E-state index is 14.3. The lowest BCUT2D eigenvalue weighted by Gasteiger charge is -2.29. The molecule has 33 heavy (non-hydrogen) atoms. The number of aryl methyl sites for hydroxylation is 1. The fourth-order valence-corrected chi connectivity index (χ4v) is 5.05. The number of nitrogens with zero attached hydrogens (tertiary/aromatic N) is 4. The van der Waals surface area contributed by atoms with Crippen LogP contribution in [0, 0.1) is 12.7 Å². The van der Waals surface area contributed by atoms with Gasteiger partial charge in [-0.25, -0.2) is 14.4 Å². The number of nitrogens with one attached hydrogen (secondary N) is 1. The Labute approximate surface area is 193 Å². The summed E-state index contributed by atoms with van der Waals surface area (Å²) in [5.41, 5.74) is 2.84. The summed E-state index contributed by atoms with van der Waals surface area (Å²) in [6.07, 6.45) is 9.10. The van der Waals surface area contributed by atoms with Gasteiger partial charge in [0.05, 0.1) is 17.3 Å². The summed E-state index contributed by atoms with van der Waals surface area (Å²) in [6.45, 7) is 6.20. The van der Waals surface area contributed by atoms with E-state index in [1.165, 1.54) is 0 Å². The molecule has 0 radical (unpaired) electrons. The molecule has 0 aromatic carbocycles. The predicted octanol–water partition coefficient (Wildman–Crippen LogP) is 5.16. The Morgan fingerprint density at radius 2 is 1.94 bits per heavy atom. The van der Waals surface area contributed by atoms with Crippen LogP contribution in [0.15, 0.2) is 24.5 Å². The van der Waals surface area contributed by atoms with Crippen molar-refractivity contribution in [1.29, 1.82) is 0 Å². The van der Waals surface area contributed by atoms with Crippen LogP contribution in [-0.4, -0.2) is 45.6 Å². The number of anilines is 1. The van der Waals surface area contributed by atoms with Gasteiger partial charge in [-0.3, -0.25) is 4.68 Å². The molecular formula is C25H32FN5O2. The Morgan fingerprint density at radius 3 is 2.70 bits per heavy atom. The molecule has 0 spiro atoms. The summed E-state index contributed by atoms with van der Waals surface area (Å²) >= 11 is 0. The molecule has 0 unspecified atom stereocenters. The molecule has 8 heteroatoms.